The first-order chi connectivity index (χ1) is 10.7. The zero-order valence-electron chi connectivity index (χ0n) is 13.5. The summed E-state index contributed by atoms with van der Waals surface area (Å²) in [6, 6.07) is 5.50. The molecule has 1 unspecified atom stereocenters. The number of rotatable bonds is 7. The number of hydrogen-bond donors (Lipinski definition) is 1. The van der Waals surface area contributed by atoms with E-state index in [1.54, 1.807) is 6.92 Å². The van der Waals surface area contributed by atoms with Gasteiger partial charge in [0, 0.05) is 31.3 Å². The molecule has 122 valence electrons. The number of esters is 1. The van der Waals surface area contributed by atoms with E-state index in [1.807, 2.05) is 13.0 Å². The molecule has 2 N–H and O–H groups in total. The third kappa shape index (κ3) is 4.13. The Bertz CT molecular complexity index is 499. The lowest BCUT2D eigenvalue weighted by Gasteiger charge is -2.21. The summed E-state index contributed by atoms with van der Waals surface area (Å²) >= 11 is 0. The maximum absolute atomic E-state index is 11.7. The number of carbonyl (C=O) groups excluding carboxylic acids is 1. The molecule has 0 radical (unpaired) electrons. The Morgan fingerprint density at radius 2 is 2.00 bits per heavy atom. The Balaban J connectivity index is 2.13. The topological polar surface area (TPSA) is 64.8 Å². The minimum atomic E-state index is -0.656. The fourth-order valence-corrected chi connectivity index (χ4v) is 2.74. The zero-order valence-corrected chi connectivity index (χ0v) is 13.5. The van der Waals surface area contributed by atoms with Crippen molar-refractivity contribution in [2.45, 2.75) is 39.2 Å². The molecule has 22 heavy (non-hydrogen) atoms. The molecule has 1 atom stereocenters. The minimum Gasteiger partial charge on any atom is -0.494 e. The fraction of sp³-hybridized carbons (Fsp3) is 0.588. The number of nitrogens with zero attached hydrogens (tertiary/aromatic N) is 1. The molecule has 1 heterocycles. The molecule has 0 aromatic heterocycles. The number of hydrogen-bond acceptors (Lipinski definition) is 5. The van der Waals surface area contributed by atoms with Gasteiger partial charge in [0.25, 0.3) is 0 Å². The zero-order chi connectivity index (χ0) is 15.9. The molecule has 1 saturated heterocycles. The standard InChI is InChI=1S/C17H26N2O3/c1-3-21-16-12-14(19-9-5-6-10-19)8-7-13(16)11-15(18)17(20)22-4-2/h7-8,12,15H,3-6,9-11,18H2,1-2H3. The predicted molar refractivity (Wildman–Crippen MR) is 87.4 cm³/mol. The summed E-state index contributed by atoms with van der Waals surface area (Å²) in [7, 11) is 0. The maximum Gasteiger partial charge on any atom is 0.323 e. The Morgan fingerprint density at radius 1 is 1.27 bits per heavy atom. The van der Waals surface area contributed by atoms with Gasteiger partial charge in [-0.3, -0.25) is 4.79 Å². The highest BCUT2D eigenvalue weighted by Gasteiger charge is 2.19. The lowest BCUT2D eigenvalue weighted by Crippen LogP contribution is -2.34. The van der Waals surface area contributed by atoms with Crippen molar-refractivity contribution in [3.05, 3.63) is 23.8 Å². The van der Waals surface area contributed by atoms with E-state index in [9.17, 15) is 4.79 Å². The molecule has 1 aliphatic rings. The Morgan fingerprint density at radius 3 is 2.64 bits per heavy atom. The minimum absolute atomic E-state index is 0.346. The van der Waals surface area contributed by atoms with E-state index >= 15 is 0 Å². The van der Waals surface area contributed by atoms with Crippen molar-refractivity contribution in [1.29, 1.82) is 0 Å². The fourth-order valence-electron chi connectivity index (χ4n) is 2.74. The van der Waals surface area contributed by atoms with Gasteiger partial charge in [0.1, 0.15) is 11.8 Å². The molecule has 0 saturated carbocycles. The third-order valence-corrected chi connectivity index (χ3v) is 3.85. The smallest absolute Gasteiger partial charge is 0.323 e. The molecule has 1 fully saturated rings. The van der Waals surface area contributed by atoms with Gasteiger partial charge in [0.05, 0.1) is 13.2 Å². The van der Waals surface area contributed by atoms with Crippen LogP contribution in [0.15, 0.2) is 18.2 Å². The maximum atomic E-state index is 11.7. The average Bonchev–Trinajstić information content (AvgIpc) is 3.03. The van der Waals surface area contributed by atoms with Crippen LogP contribution in [0.5, 0.6) is 5.75 Å². The lowest BCUT2D eigenvalue weighted by molar-refractivity contribution is -0.144. The van der Waals surface area contributed by atoms with Crippen LogP contribution >= 0.6 is 0 Å². The number of nitrogens with two attached hydrogens (primary N) is 1. The van der Waals surface area contributed by atoms with Crippen LogP contribution in [-0.4, -0.2) is 38.3 Å². The molecule has 2 rings (SSSR count). The van der Waals surface area contributed by atoms with E-state index in [0.29, 0.717) is 19.6 Å². The summed E-state index contributed by atoms with van der Waals surface area (Å²) in [6.45, 7) is 6.85. The van der Waals surface area contributed by atoms with Gasteiger partial charge >= 0.3 is 5.97 Å². The highest BCUT2D eigenvalue weighted by Crippen LogP contribution is 2.29. The van der Waals surface area contributed by atoms with Crippen molar-refractivity contribution in [1.82, 2.24) is 0 Å². The van der Waals surface area contributed by atoms with Crippen molar-refractivity contribution in [3.8, 4) is 5.75 Å². The van der Waals surface area contributed by atoms with Gasteiger partial charge in [-0.25, -0.2) is 0 Å². The molecule has 1 aliphatic heterocycles. The number of carbonyl (C=O) groups is 1. The molecule has 5 heteroatoms. The molecular formula is C17H26N2O3. The number of benzene rings is 1. The average molecular weight is 306 g/mol. The van der Waals surface area contributed by atoms with Gasteiger partial charge in [-0.15, -0.1) is 0 Å². The Hall–Kier alpha value is -1.75. The Kier molecular flexibility index (Phi) is 6.07. The Labute approximate surface area is 132 Å². The first-order valence-corrected chi connectivity index (χ1v) is 8.08. The molecule has 0 amide bonds. The van der Waals surface area contributed by atoms with Crippen molar-refractivity contribution >= 4 is 11.7 Å². The van der Waals surface area contributed by atoms with E-state index in [-0.39, 0.29) is 5.97 Å². The first-order valence-electron chi connectivity index (χ1n) is 8.08. The van der Waals surface area contributed by atoms with Gasteiger partial charge in [-0.2, -0.15) is 0 Å². The normalized spacial score (nSPS) is 15.7. The van der Waals surface area contributed by atoms with Crippen LogP contribution in [0.4, 0.5) is 5.69 Å². The van der Waals surface area contributed by atoms with E-state index in [1.165, 1.54) is 18.5 Å². The van der Waals surface area contributed by atoms with E-state index in [4.69, 9.17) is 15.2 Å². The van der Waals surface area contributed by atoms with Gasteiger partial charge in [0.15, 0.2) is 0 Å². The molecular weight excluding hydrogens is 280 g/mol. The summed E-state index contributed by atoms with van der Waals surface area (Å²) in [5.41, 5.74) is 8.04. The summed E-state index contributed by atoms with van der Waals surface area (Å²) in [5, 5.41) is 0. The van der Waals surface area contributed by atoms with Crippen LogP contribution in [0, 0.1) is 0 Å². The molecule has 1 aromatic rings. The predicted octanol–water partition coefficient (Wildman–Crippen LogP) is 2.12. The second-order valence-electron chi connectivity index (χ2n) is 5.48. The van der Waals surface area contributed by atoms with Gasteiger partial charge < -0.3 is 20.1 Å². The monoisotopic (exact) mass is 306 g/mol. The van der Waals surface area contributed by atoms with Crippen LogP contribution in [0.2, 0.25) is 0 Å². The van der Waals surface area contributed by atoms with Gasteiger partial charge in [0.2, 0.25) is 0 Å². The summed E-state index contributed by atoms with van der Waals surface area (Å²) < 4.78 is 10.7. The largest absolute Gasteiger partial charge is 0.494 e. The van der Waals surface area contributed by atoms with E-state index in [2.05, 4.69) is 17.0 Å². The van der Waals surface area contributed by atoms with Crippen molar-refractivity contribution in [3.63, 3.8) is 0 Å². The lowest BCUT2D eigenvalue weighted by atomic mass is 10.0. The quantitative estimate of drug-likeness (QED) is 0.782. The van der Waals surface area contributed by atoms with E-state index in [0.717, 1.165) is 24.4 Å². The highest BCUT2D eigenvalue weighted by molar-refractivity contribution is 5.76. The summed E-state index contributed by atoms with van der Waals surface area (Å²) in [6.07, 6.45) is 2.90. The van der Waals surface area contributed by atoms with Gasteiger partial charge in [-0.1, -0.05) is 6.07 Å². The summed E-state index contributed by atoms with van der Waals surface area (Å²) in [5.74, 6) is 0.445. The van der Waals surface area contributed by atoms with Crippen LogP contribution in [0.3, 0.4) is 0 Å². The SMILES string of the molecule is CCOC(=O)C(N)Cc1ccc(N2CCCC2)cc1OCC. The second kappa shape index (κ2) is 8.03. The van der Waals surface area contributed by atoms with Gasteiger partial charge in [-0.05, 0) is 38.3 Å². The van der Waals surface area contributed by atoms with Crippen molar-refractivity contribution in [2.24, 2.45) is 5.73 Å². The van der Waals surface area contributed by atoms with Crippen LogP contribution in [0.1, 0.15) is 32.3 Å². The highest BCUT2D eigenvalue weighted by atomic mass is 16.5. The number of ether oxygens (including phenoxy) is 2. The van der Waals surface area contributed by atoms with Crippen LogP contribution in [0.25, 0.3) is 0 Å². The first kappa shape index (κ1) is 16.6. The molecule has 0 aliphatic carbocycles. The second-order valence-corrected chi connectivity index (χ2v) is 5.48. The third-order valence-electron chi connectivity index (χ3n) is 3.85. The van der Waals surface area contributed by atoms with Crippen molar-refractivity contribution in [2.75, 3.05) is 31.2 Å². The molecule has 1 aromatic carbocycles. The van der Waals surface area contributed by atoms with Crippen LogP contribution < -0.4 is 15.4 Å². The molecule has 0 bridgehead atoms. The molecule has 0 spiro atoms. The summed E-state index contributed by atoms with van der Waals surface area (Å²) in [4.78, 5) is 14.1. The number of anilines is 1. The van der Waals surface area contributed by atoms with Crippen LogP contribution in [-0.2, 0) is 16.0 Å². The molecule has 5 nitrogen and oxygen atoms in total. The van der Waals surface area contributed by atoms with Crippen molar-refractivity contribution < 1.29 is 14.3 Å². The van der Waals surface area contributed by atoms with E-state index < -0.39 is 6.04 Å².